The maximum absolute atomic E-state index is 12.1. The summed E-state index contributed by atoms with van der Waals surface area (Å²) in [6.07, 6.45) is 3.19. The number of amides is 1. The maximum atomic E-state index is 12.1. The van der Waals surface area contributed by atoms with Crippen LogP contribution in [0.3, 0.4) is 0 Å². The second kappa shape index (κ2) is 16.3. The quantitative estimate of drug-likeness (QED) is 0.182. The van der Waals surface area contributed by atoms with Gasteiger partial charge in [0.2, 0.25) is 0 Å². The van der Waals surface area contributed by atoms with Crippen LogP contribution in [0.25, 0.3) is 0 Å². The van der Waals surface area contributed by atoms with E-state index in [0.717, 1.165) is 63.6 Å². The fourth-order valence-corrected chi connectivity index (χ4v) is 3.39. The maximum Gasteiger partial charge on any atom is 0.251 e. The number of nitrogens with zero attached hydrogens (tertiary/aromatic N) is 2. The lowest BCUT2D eigenvalue weighted by atomic mass is 10.1. The lowest BCUT2D eigenvalue weighted by molar-refractivity contribution is 0.0536. The van der Waals surface area contributed by atoms with Crippen LogP contribution in [-0.2, 0) is 16.0 Å². The molecule has 0 bridgehead atoms. The molecule has 1 amide bonds. The third-order valence-electron chi connectivity index (χ3n) is 5.15. The number of unbranched alkanes of at least 4 members (excludes halogenated alkanes) is 1. The molecule has 0 radical (unpaired) electrons. The average Bonchev–Trinajstić information content (AvgIpc) is 3.23. The summed E-state index contributed by atoms with van der Waals surface area (Å²) in [7, 11) is 1.69. The van der Waals surface area contributed by atoms with Gasteiger partial charge in [-0.3, -0.25) is 4.79 Å². The summed E-state index contributed by atoms with van der Waals surface area (Å²) in [6, 6.07) is 7.72. The first-order valence-electron chi connectivity index (χ1n) is 11.1. The summed E-state index contributed by atoms with van der Waals surface area (Å²) in [5.74, 6) is 1.46. The van der Waals surface area contributed by atoms with E-state index in [0.29, 0.717) is 31.2 Å². The Labute approximate surface area is 204 Å². The van der Waals surface area contributed by atoms with Gasteiger partial charge in [-0.05, 0) is 37.5 Å². The van der Waals surface area contributed by atoms with Gasteiger partial charge < -0.3 is 25.0 Å². The summed E-state index contributed by atoms with van der Waals surface area (Å²) < 4.78 is 10.7. The lowest BCUT2D eigenvalue weighted by Crippen LogP contribution is -2.40. The molecule has 176 valence electrons. The SMILES string of the molecule is CCCCNC(=O)c1ccc(CN=C(NCC)N2CCC(COCCOC)C2)cc1.I. The van der Waals surface area contributed by atoms with Crippen molar-refractivity contribution in [3.05, 3.63) is 35.4 Å². The molecular formula is C23H39IN4O3. The summed E-state index contributed by atoms with van der Waals surface area (Å²) in [6.45, 7) is 10.3. The number of benzene rings is 1. The van der Waals surface area contributed by atoms with Crippen LogP contribution in [0, 0.1) is 5.92 Å². The number of aliphatic imine (C=N–C) groups is 1. The third kappa shape index (κ3) is 10.2. The lowest BCUT2D eigenvalue weighted by Gasteiger charge is -2.21. The highest BCUT2D eigenvalue weighted by Crippen LogP contribution is 2.17. The number of ether oxygens (including phenoxy) is 2. The van der Waals surface area contributed by atoms with Crippen LogP contribution in [0.2, 0.25) is 0 Å². The molecule has 31 heavy (non-hydrogen) atoms. The van der Waals surface area contributed by atoms with Gasteiger partial charge in [-0.2, -0.15) is 0 Å². The molecule has 1 saturated heterocycles. The molecule has 1 heterocycles. The van der Waals surface area contributed by atoms with Crippen molar-refractivity contribution >= 4 is 35.8 Å². The number of methoxy groups -OCH3 is 1. The van der Waals surface area contributed by atoms with Crippen LogP contribution >= 0.6 is 24.0 Å². The Balaban J connectivity index is 0.00000480. The largest absolute Gasteiger partial charge is 0.382 e. The van der Waals surface area contributed by atoms with E-state index in [9.17, 15) is 4.79 Å². The van der Waals surface area contributed by atoms with Gasteiger partial charge in [0.05, 0.1) is 26.4 Å². The van der Waals surface area contributed by atoms with Crippen molar-refractivity contribution in [2.75, 3.05) is 53.1 Å². The van der Waals surface area contributed by atoms with Crippen LogP contribution in [-0.4, -0.2) is 69.9 Å². The highest BCUT2D eigenvalue weighted by molar-refractivity contribution is 14.0. The highest BCUT2D eigenvalue weighted by Gasteiger charge is 2.24. The normalized spacial score (nSPS) is 16.2. The zero-order chi connectivity index (χ0) is 21.6. The van der Waals surface area contributed by atoms with Gasteiger partial charge >= 0.3 is 0 Å². The van der Waals surface area contributed by atoms with Crippen LogP contribution in [0.15, 0.2) is 29.3 Å². The summed E-state index contributed by atoms with van der Waals surface area (Å²) in [4.78, 5) is 19.2. The van der Waals surface area contributed by atoms with Gasteiger partial charge in [0.1, 0.15) is 0 Å². The molecule has 1 aliphatic heterocycles. The van der Waals surface area contributed by atoms with Gasteiger partial charge in [-0.1, -0.05) is 25.5 Å². The topological polar surface area (TPSA) is 75.2 Å². The predicted molar refractivity (Wildman–Crippen MR) is 136 cm³/mol. The van der Waals surface area contributed by atoms with Gasteiger partial charge in [-0.25, -0.2) is 4.99 Å². The Bertz CT molecular complexity index is 655. The second-order valence-electron chi connectivity index (χ2n) is 7.64. The van der Waals surface area contributed by atoms with Crippen molar-refractivity contribution in [1.29, 1.82) is 0 Å². The fourth-order valence-electron chi connectivity index (χ4n) is 3.39. The molecular weight excluding hydrogens is 507 g/mol. The smallest absolute Gasteiger partial charge is 0.251 e. The molecule has 1 unspecified atom stereocenters. The van der Waals surface area contributed by atoms with E-state index in [2.05, 4.69) is 29.4 Å². The molecule has 0 saturated carbocycles. The molecule has 2 rings (SSSR count). The van der Waals surface area contributed by atoms with E-state index in [4.69, 9.17) is 14.5 Å². The molecule has 1 aromatic rings. The standard InChI is InChI=1S/C23H38N4O3.HI/c1-4-6-12-25-22(28)21-9-7-19(8-10-21)16-26-23(24-5-2)27-13-11-20(17-27)18-30-15-14-29-3;/h7-10,20H,4-6,11-18H2,1-3H3,(H,24,26)(H,25,28);1H. The van der Waals surface area contributed by atoms with E-state index in [-0.39, 0.29) is 29.9 Å². The van der Waals surface area contributed by atoms with Crippen molar-refractivity contribution in [3.63, 3.8) is 0 Å². The van der Waals surface area contributed by atoms with Gasteiger partial charge in [0.25, 0.3) is 5.91 Å². The molecule has 0 aliphatic carbocycles. The first kappa shape index (κ1) is 27.6. The number of likely N-dealkylation sites (tertiary alicyclic amines) is 1. The van der Waals surface area contributed by atoms with E-state index in [1.54, 1.807) is 7.11 Å². The first-order chi connectivity index (χ1) is 14.7. The number of hydrogen-bond donors (Lipinski definition) is 2. The Morgan fingerprint density at radius 3 is 2.65 bits per heavy atom. The molecule has 0 spiro atoms. The van der Waals surface area contributed by atoms with E-state index >= 15 is 0 Å². The van der Waals surface area contributed by atoms with Crippen molar-refractivity contribution in [2.45, 2.75) is 39.7 Å². The molecule has 1 fully saturated rings. The zero-order valence-electron chi connectivity index (χ0n) is 19.2. The van der Waals surface area contributed by atoms with E-state index in [1.165, 1.54) is 0 Å². The average molecular weight is 546 g/mol. The molecule has 2 N–H and O–H groups in total. The third-order valence-corrected chi connectivity index (χ3v) is 5.15. The summed E-state index contributed by atoms with van der Waals surface area (Å²) >= 11 is 0. The molecule has 0 aromatic heterocycles. The number of carbonyl (C=O) groups is 1. The number of rotatable bonds is 12. The minimum atomic E-state index is -0.0114. The molecule has 1 aliphatic rings. The molecule has 1 atom stereocenters. The van der Waals surface area contributed by atoms with Crippen molar-refractivity contribution < 1.29 is 14.3 Å². The molecule has 8 heteroatoms. The number of nitrogens with one attached hydrogen (secondary N) is 2. The van der Waals surface area contributed by atoms with E-state index < -0.39 is 0 Å². The predicted octanol–water partition coefficient (Wildman–Crippen LogP) is 3.28. The van der Waals surface area contributed by atoms with Crippen LogP contribution in [0.5, 0.6) is 0 Å². The molecule has 7 nitrogen and oxygen atoms in total. The number of guanidine groups is 1. The van der Waals surface area contributed by atoms with Crippen LogP contribution in [0.4, 0.5) is 0 Å². The zero-order valence-corrected chi connectivity index (χ0v) is 21.5. The summed E-state index contributed by atoms with van der Waals surface area (Å²) in [5.41, 5.74) is 1.79. The van der Waals surface area contributed by atoms with Crippen molar-refractivity contribution in [2.24, 2.45) is 10.9 Å². The number of hydrogen-bond acceptors (Lipinski definition) is 4. The van der Waals surface area contributed by atoms with Crippen LogP contribution < -0.4 is 10.6 Å². The van der Waals surface area contributed by atoms with Crippen molar-refractivity contribution in [3.8, 4) is 0 Å². The molecule has 1 aromatic carbocycles. The first-order valence-corrected chi connectivity index (χ1v) is 11.1. The summed E-state index contributed by atoms with van der Waals surface area (Å²) in [5, 5.41) is 6.35. The highest BCUT2D eigenvalue weighted by atomic mass is 127. The minimum Gasteiger partial charge on any atom is -0.382 e. The van der Waals surface area contributed by atoms with E-state index in [1.807, 2.05) is 24.3 Å². The Hall–Kier alpha value is -1.39. The Morgan fingerprint density at radius 1 is 1.19 bits per heavy atom. The minimum absolute atomic E-state index is 0. The van der Waals surface area contributed by atoms with Gasteiger partial charge in [0.15, 0.2) is 5.96 Å². The van der Waals surface area contributed by atoms with Gasteiger partial charge in [-0.15, -0.1) is 24.0 Å². The monoisotopic (exact) mass is 546 g/mol. The van der Waals surface area contributed by atoms with Crippen LogP contribution in [0.1, 0.15) is 49.0 Å². The van der Waals surface area contributed by atoms with Gasteiger partial charge in [0, 0.05) is 44.8 Å². The number of carbonyl (C=O) groups excluding carboxylic acids is 1. The van der Waals surface area contributed by atoms with Crippen molar-refractivity contribution in [1.82, 2.24) is 15.5 Å². The number of halogens is 1. The fraction of sp³-hybridized carbons (Fsp3) is 0.652. The Morgan fingerprint density at radius 2 is 1.97 bits per heavy atom. The Kier molecular flexibility index (Phi) is 14.5. The second-order valence-corrected chi connectivity index (χ2v) is 7.64.